The quantitative estimate of drug-likeness (QED) is 0.651. The highest BCUT2D eigenvalue weighted by atomic mass is 32.2. The van der Waals surface area contributed by atoms with Crippen LogP contribution in [0, 0.1) is 5.41 Å². The van der Waals surface area contributed by atoms with Crippen LogP contribution in [0.2, 0.25) is 0 Å². The Bertz CT molecular complexity index is 228. The van der Waals surface area contributed by atoms with Gasteiger partial charge in [-0.3, -0.25) is 4.79 Å². The number of aliphatic hydroxyl groups excluding tert-OH is 1. The van der Waals surface area contributed by atoms with Crippen LogP contribution in [0.3, 0.4) is 0 Å². The van der Waals surface area contributed by atoms with Crippen LogP contribution in [0.5, 0.6) is 0 Å². The molecule has 0 aromatic rings. The maximum atomic E-state index is 11.2. The highest BCUT2D eigenvalue weighted by Crippen LogP contribution is 2.51. The van der Waals surface area contributed by atoms with Crippen LogP contribution < -0.4 is 0 Å². The fraction of sp³-hybridized carbons (Fsp3) is 0.909. The molecule has 1 unspecified atom stereocenters. The first-order valence-electron chi connectivity index (χ1n) is 5.43. The van der Waals surface area contributed by atoms with Gasteiger partial charge < -0.3 is 14.6 Å². The van der Waals surface area contributed by atoms with E-state index in [9.17, 15) is 9.90 Å². The number of methoxy groups -OCH3 is 2. The summed E-state index contributed by atoms with van der Waals surface area (Å²) in [6, 6.07) is 0. The summed E-state index contributed by atoms with van der Waals surface area (Å²) in [5.74, 6) is 1.45. The van der Waals surface area contributed by atoms with Crippen LogP contribution in [-0.2, 0) is 14.3 Å². The molecule has 4 nitrogen and oxygen atoms in total. The number of rotatable bonds is 8. The van der Waals surface area contributed by atoms with Crippen molar-refractivity contribution in [1.29, 1.82) is 0 Å². The van der Waals surface area contributed by atoms with Crippen LogP contribution in [0.4, 0.5) is 0 Å². The predicted octanol–water partition coefficient (Wildman–Crippen LogP) is 1.07. The molecule has 0 saturated heterocycles. The zero-order valence-corrected chi connectivity index (χ0v) is 10.7. The fourth-order valence-electron chi connectivity index (χ4n) is 1.58. The molecule has 1 rings (SSSR count). The van der Waals surface area contributed by atoms with Gasteiger partial charge in [-0.1, -0.05) is 0 Å². The van der Waals surface area contributed by atoms with Gasteiger partial charge in [0.2, 0.25) is 0 Å². The summed E-state index contributed by atoms with van der Waals surface area (Å²) < 4.78 is 9.52. The zero-order valence-electron chi connectivity index (χ0n) is 9.90. The predicted molar refractivity (Wildman–Crippen MR) is 63.5 cm³/mol. The second kappa shape index (κ2) is 6.47. The minimum atomic E-state index is -0.413. The third kappa shape index (κ3) is 4.72. The summed E-state index contributed by atoms with van der Waals surface area (Å²) >= 11 is 1.69. The Balaban J connectivity index is 2.14. The van der Waals surface area contributed by atoms with Crippen molar-refractivity contribution in [2.75, 3.05) is 32.3 Å². The number of ether oxygens (including phenoxy) is 2. The average Bonchev–Trinajstić information content (AvgIpc) is 2.98. The minimum Gasteiger partial charge on any atom is -0.469 e. The molecule has 1 aliphatic carbocycles. The number of esters is 1. The smallest absolute Gasteiger partial charge is 0.306 e. The van der Waals surface area contributed by atoms with E-state index in [1.807, 2.05) is 0 Å². The first-order chi connectivity index (χ1) is 7.62. The van der Waals surface area contributed by atoms with Gasteiger partial charge in [-0.15, -0.1) is 0 Å². The number of carbonyl (C=O) groups excluding carboxylic acids is 1. The minimum absolute atomic E-state index is 0.129. The molecule has 0 aromatic heterocycles. The van der Waals surface area contributed by atoms with E-state index in [-0.39, 0.29) is 11.4 Å². The van der Waals surface area contributed by atoms with Crippen LogP contribution in [0.1, 0.15) is 19.3 Å². The Morgan fingerprint density at radius 2 is 2.19 bits per heavy atom. The lowest BCUT2D eigenvalue weighted by Crippen LogP contribution is -2.19. The maximum absolute atomic E-state index is 11.2. The summed E-state index contributed by atoms with van der Waals surface area (Å²) in [5.41, 5.74) is 0.143. The Hall–Kier alpha value is -0.260. The van der Waals surface area contributed by atoms with Crippen molar-refractivity contribution in [1.82, 2.24) is 0 Å². The molecule has 0 aromatic carbocycles. The van der Waals surface area contributed by atoms with E-state index in [1.54, 1.807) is 18.9 Å². The summed E-state index contributed by atoms with van der Waals surface area (Å²) in [4.78, 5) is 11.2. The molecular formula is C11H20O4S. The van der Waals surface area contributed by atoms with Gasteiger partial charge in [0, 0.05) is 12.9 Å². The van der Waals surface area contributed by atoms with E-state index in [1.165, 1.54) is 7.11 Å². The van der Waals surface area contributed by atoms with E-state index in [2.05, 4.69) is 4.74 Å². The van der Waals surface area contributed by atoms with Crippen LogP contribution in [0.15, 0.2) is 0 Å². The normalized spacial score (nSPS) is 19.2. The third-order valence-corrected chi connectivity index (χ3v) is 4.22. The average molecular weight is 248 g/mol. The maximum Gasteiger partial charge on any atom is 0.306 e. The Morgan fingerprint density at radius 3 is 2.69 bits per heavy atom. The molecule has 1 N–H and O–H groups in total. The van der Waals surface area contributed by atoms with Gasteiger partial charge in [-0.25, -0.2) is 0 Å². The van der Waals surface area contributed by atoms with Crippen molar-refractivity contribution in [3.8, 4) is 0 Å². The second-order valence-electron chi connectivity index (χ2n) is 4.38. The molecule has 0 radical (unpaired) electrons. The number of thioether (sulfide) groups is 1. The van der Waals surface area contributed by atoms with Gasteiger partial charge in [0.1, 0.15) is 0 Å². The molecule has 0 aliphatic heterocycles. The lowest BCUT2D eigenvalue weighted by atomic mass is 10.1. The number of aliphatic hydroxyl groups is 1. The van der Waals surface area contributed by atoms with E-state index < -0.39 is 6.10 Å². The summed E-state index contributed by atoms with van der Waals surface area (Å²) in [7, 11) is 3.00. The SMILES string of the molecule is COCC(O)CSCC1(CC(=O)OC)CC1. The fourth-order valence-corrected chi connectivity index (χ4v) is 2.89. The van der Waals surface area contributed by atoms with Gasteiger partial charge in [0.15, 0.2) is 0 Å². The highest BCUT2D eigenvalue weighted by Gasteiger charge is 2.44. The number of hydrogen-bond donors (Lipinski definition) is 1. The van der Waals surface area contributed by atoms with Gasteiger partial charge in [-0.05, 0) is 24.0 Å². The molecule has 0 heterocycles. The molecular weight excluding hydrogens is 228 g/mol. The Kier molecular flexibility index (Phi) is 5.58. The molecule has 0 spiro atoms. The third-order valence-electron chi connectivity index (χ3n) is 2.78. The Labute approximate surface area is 101 Å². The van der Waals surface area contributed by atoms with Crippen molar-refractivity contribution in [3.05, 3.63) is 0 Å². The van der Waals surface area contributed by atoms with Gasteiger partial charge in [0.25, 0.3) is 0 Å². The van der Waals surface area contributed by atoms with Crippen molar-refractivity contribution in [3.63, 3.8) is 0 Å². The molecule has 1 aliphatic rings. The summed E-state index contributed by atoms with van der Waals surface area (Å²) in [6.45, 7) is 0.372. The number of hydrogen-bond acceptors (Lipinski definition) is 5. The first kappa shape index (κ1) is 13.8. The lowest BCUT2D eigenvalue weighted by Gasteiger charge is -2.14. The zero-order chi connectivity index (χ0) is 12.0. The van der Waals surface area contributed by atoms with Crippen LogP contribution >= 0.6 is 11.8 Å². The van der Waals surface area contributed by atoms with E-state index >= 15 is 0 Å². The van der Waals surface area contributed by atoms with Gasteiger partial charge in [0.05, 0.1) is 26.2 Å². The monoisotopic (exact) mass is 248 g/mol. The van der Waals surface area contributed by atoms with E-state index in [4.69, 9.17) is 4.74 Å². The van der Waals surface area contributed by atoms with E-state index in [0.29, 0.717) is 18.8 Å². The summed E-state index contributed by atoms with van der Waals surface area (Å²) in [6.07, 6.45) is 2.28. The highest BCUT2D eigenvalue weighted by molar-refractivity contribution is 7.99. The van der Waals surface area contributed by atoms with Crippen molar-refractivity contribution in [2.45, 2.75) is 25.4 Å². The van der Waals surface area contributed by atoms with Crippen LogP contribution in [-0.4, -0.2) is 49.5 Å². The summed E-state index contributed by atoms with van der Waals surface area (Å²) in [5, 5.41) is 9.46. The largest absolute Gasteiger partial charge is 0.469 e. The van der Waals surface area contributed by atoms with Crippen molar-refractivity contribution < 1.29 is 19.4 Å². The number of carbonyl (C=O) groups is 1. The van der Waals surface area contributed by atoms with Gasteiger partial charge >= 0.3 is 5.97 Å². The standard InChI is InChI=1S/C11H20O4S/c1-14-6-9(12)7-16-8-11(3-4-11)5-10(13)15-2/h9,12H,3-8H2,1-2H3. The van der Waals surface area contributed by atoms with E-state index in [0.717, 1.165) is 18.6 Å². The first-order valence-corrected chi connectivity index (χ1v) is 6.59. The van der Waals surface area contributed by atoms with Crippen molar-refractivity contribution in [2.24, 2.45) is 5.41 Å². The molecule has 94 valence electrons. The van der Waals surface area contributed by atoms with Crippen LogP contribution in [0.25, 0.3) is 0 Å². The molecule has 1 saturated carbocycles. The molecule has 0 bridgehead atoms. The molecule has 0 amide bonds. The molecule has 1 atom stereocenters. The molecule has 5 heteroatoms. The second-order valence-corrected chi connectivity index (χ2v) is 5.41. The lowest BCUT2D eigenvalue weighted by molar-refractivity contribution is -0.141. The topological polar surface area (TPSA) is 55.8 Å². The Morgan fingerprint density at radius 1 is 1.50 bits per heavy atom. The molecule has 16 heavy (non-hydrogen) atoms. The van der Waals surface area contributed by atoms with Crippen molar-refractivity contribution >= 4 is 17.7 Å². The van der Waals surface area contributed by atoms with Gasteiger partial charge in [-0.2, -0.15) is 11.8 Å². The molecule has 1 fully saturated rings.